The Kier molecular flexibility index (Phi) is 4.71. The molecule has 0 radical (unpaired) electrons. The van der Waals surface area contributed by atoms with E-state index in [1.54, 1.807) is 16.7 Å². The van der Waals surface area contributed by atoms with Gasteiger partial charge < -0.3 is 9.64 Å². The van der Waals surface area contributed by atoms with Gasteiger partial charge in [-0.05, 0) is 48.6 Å². The average molecular weight is 353 g/mol. The normalized spacial score (nSPS) is 14.7. The maximum atomic E-state index is 12.8. The number of amides is 1. The first-order valence-corrected chi connectivity index (χ1v) is 8.32. The Balaban J connectivity index is 1.84. The van der Waals surface area contributed by atoms with Crippen LogP contribution in [0.4, 0.5) is 18.9 Å². The molecule has 24 heavy (non-hydrogen) atoms. The third-order valence-electron chi connectivity index (χ3n) is 3.52. The van der Waals surface area contributed by atoms with Gasteiger partial charge in [0.05, 0.1) is 5.69 Å². The molecule has 3 nitrogen and oxygen atoms in total. The number of ether oxygens (including phenoxy) is 1. The summed E-state index contributed by atoms with van der Waals surface area (Å²) in [6, 6.07) is 12.6. The first-order chi connectivity index (χ1) is 11.4. The van der Waals surface area contributed by atoms with Gasteiger partial charge in [0, 0.05) is 17.0 Å². The summed E-state index contributed by atoms with van der Waals surface area (Å²) >= 11 is 1.70. The lowest BCUT2D eigenvalue weighted by Gasteiger charge is -2.22. The van der Waals surface area contributed by atoms with Crippen LogP contribution in [0, 0.1) is 0 Å². The molecule has 3 rings (SSSR count). The van der Waals surface area contributed by atoms with Crippen molar-refractivity contribution in [2.45, 2.75) is 17.7 Å². The number of para-hydroxylation sites is 1. The molecule has 1 aliphatic heterocycles. The average Bonchev–Trinajstić information content (AvgIpc) is 2.76. The summed E-state index contributed by atoms with van der Waals surface area (Å²) in [4.78, 5) is 15.5. The van der Waals surface area contributed by atoms with Gasteiger partial charge >= 0.3 is 6.36 Å². The molecule has 0 aromatic heterocycles. The van der Waals surface area contributed by atoms with E-state index >= 15 is 0 Å². The molecule has 2 aromatic rings. The molecule has 0 aliphatic carbocycles. The highest BCUT2D eigenvalue weighted by atomic mass is 32.2. The van der Waals surface area contributed by atoms with Gasteiger partial charge in [0.25, 0.3) is 5.91 Å². The highest BCUT2D eigenvalue weighted by Crippen LogP contribution is 2.34. The van der Waals surface area contributed by atoms with Crippen molar-refractivity contribution in [1.82, 2.24) is 0 Å². The van der Waals surface area contributed by atoms with E-state index in [1.807, 2.05) is 24.3 Å². The van der Waals surface area contributed by atoms with E-state index in [0.717, 1.165) is 34.9 Å². The molecule has 0 atom stereocenters. The smallest absolute Gasteiger partial charge is 0.406 e. The Morgan fingerprint density at radius 3 is 2.50 bits per heavy atom. The number of carbonyl (C=O) groups is 1. The summed E-state index contributed by atoms with van der Waals surface area (Å²) in [5.41, 5.74) is 1.16. The molecule has 0 saturated heterocycles. The number of fused-ring (bicyclic) bond motifs is 1. The monoisotopic (exact) mass is 353 g/mol. The summed E-state index contributed by atoms with van der Waals surface area (Å²) < 4.78 is 40.4. The Bertz CT molecular complexity index is 731. The van der Waals surface area contributed by atoms with Crippen molar-refractivity contribution < 1.29 is 22.7 Å². The fraction of sp³-hybridized carbons (Fsp3) is 0.235. The van der Waals surface area contributed by atoms with E-state index in [0.29, 0.717) is 12.1 Å². The number of benzene rings is 2. The van der Waals surface area contributed by atoms with E-state index in [-0.39, 0.29) is 11.7 Å². The number of nitrogens with zero attached hydrogens (tertiary/aromatic N) is 1. The predicted molar refractivity (Wildman–Crippen MR) is 86.6 cm³/mol. The van der Waals surface area contributed by atoms with E-state index in [1.165, 1.54) is 12.1 Å². The summed E-state index contributed by atoms with van der Waals surface area (Å²) in [6.45, 7) is 0.573. The molecular weight excluding hydrogens is 339 g/mol. The molecule has 2 aromatic carbocycles. The van der Waals surface area contributed by atoms with Crippen LogP contribution in [-0.2, 0) is 0 Å². The number of carbonyl (C=O) groups excluding carboxylic acids is 1. The Morgan fingerprint density at radius 1 is 1.08 bits per heavy atom. The zero-order chi connectivity index (χ0) is 17.2. The van der Waals surface area contributed by atoms with Crippen LogP contribution in [0.3, 0.4) is 0 Å². The Hall–Kier alpha value is -2.15. The minimum Gasteiger partial charge on any atom is -0.406 e. The molecule has 0 spiro atoms. The SMILES string of the molecule is O=C(c1ccc(OC(F)(F)F)cc1)N1CCCSc2ccccc21. The van der Waals surface area contributed by atoms with Crippen molar-refractivity contribution in [2.24, 2.45) is 0 Å². The Labute approximate surface area is 141 Å². The van der Waals surface area contributed by atoms with E-state index in [4.69, 9.17) is 0 Å². The van der Waals surface area contributed by atoms with Gasteiger partial charge in [-0.1, -0.05) is 12.1 Å². The van der Waals surface area contributed by atoms with Crippen LogP contribution in [-0.4, -0.2) is 24.6 Å². The van der Waals surface area contributed by atoms with Crippen molar-refractivity contribution in [3.8, 4) is 5.75 Å². The minimum atomic E-state index is -4.74. The van der Waals surface area contributed by atoms with Crippen molar-refractivity contribution >= 4 is 23.4 Å². The lowest BCUT2D eigenvalue weighted by molar-refractivity contribution is -0.274. The predicted octanol–water partition coefficient (Wildman–Crippen LogP) is 4.73. The van der Waals surface area contributed by atoms with Crippen molar-refractivity contribution in [2.75, 3.05) is 17.2 Å². The standard InChI is InChI=1S/C17H14F3NO2S/c18-17(19,20)23-13-8-6-12(7-9-13)16(22)21-10-3-11-24-15-5-2-1-4-14(15)21/h1-2,4-9H,3,10-11H2. The number of hydrogen-bond donors (Lipinski definition) is 0. The second-order valence-corrected chi connectivity index (χ2v) is 6.34. The second-order valence-electron chi connectivity index (χ2n) is 5.20. The van der Waals surface area contributed by atoms with Crippen molar-refractivity contribution in [3.05, 3.63) is 54.1 Å². The number of halogens is 3. The van der Waals surface area contributed by atoms with E-state index in [2.05, 4.69) is 4.74 Å². The van der Waals surface area contributed by atoms with Gasteiger partial charge in [-0.3, -0.25) is 4.79 Å². The second kappa shape index (κ2) is 6.76. The van der Waals surface area contributed by atoms with Crippen LogP contribution in [0.1, 0.15) is 16.8 Å². The number of hydrogen-bond acceptors (Lipinski definition) is 3. The molecule has 0 unspecified atom stereocenters. The van der Waals surface area contributed by atoms with Crippen LogP contribution in [0.5, 0.6) is 5.75 Å². The summed E-state index contributed by atoms with van der Waals surface area (Å²) in [5.74, 6) is 0.341. The maximum absolute atomic E-state index is 12.8. The molecule has 1 amide bonds. The number of anilines is 1. The van der Waals surface area contributed by atoms with Crippen LogP contribution in [0.2, 0.25) is 0 Å². The lowest BCUT2D eigenvalue weighted by Crippen LogP contribution is -2.31. The molecule has 0 N–H and O–H groups in total. The van der Waals surface area contributed by atoms with Crippen LogP contribution in [0.25, 0.3) is 0 Å². The van der Waals surface area contributed by atoms with E-state index < -0.39 is 6.36 Å². The quantitative estimate of drug-likeness (QED) is 0.782. The van der Waals surface area contributed by atoms with Crippen molar-refractivity contribution in [1.29, 1.82) is 0 Å². The molecular formula is C17H14F3NO2S. The maximum Gasteiger partial charge on any atom is 0.573 e. The lowest BCUT2D eigenvalue weighted by atomic mass is 10.1. The molecule has 0 bridgehead atoms. The molecule has 126 valence electrons. The van der Waals surface area contributed by atoms with Gasteiger partial charge in [0.15, 0.2) is 0 Å². The zero-order valence-corrected chi connectivity index (χ0v) is 13.4. The molecule has 0 fully saturated rings. The van der Waals surface area contributed by atoms with Gasteiger partial charge in [-0.2, -0.15) is 0 Å². The summed E-state index contributed by atoms with van der Waals surface area (Å²) in [5, 5.41) is 0. The van der Waals surface area contributed by atoms with Crippen LogP contribution < -0.4 is 9.64 Å². The summed E-state index contributed by atoms with van der Waals surface area (Å²) in [7, 11) is 0. The fourth-order valence-corrected chi connectivity index (χ4v) is 3.49. The molecule has 0 saturated carbocycles. The minimum absolute atomic E-state index is 0.233. The van der Waals surface area contributed by atoms with Gasteiger partial charge in [0.2, 0.25) is 0 Å². The zero-order valence-electron chi connectivity index (χ0n) is 12.5. The van der Waals surface area contributed by atoms with Crippen LogP contribution >= 0.6 is 11.8 Å². The third kappa shape index (κ3) is 3.84. The number of rotatable bonds is 2. The molecule has 7 heteroatoms. The van der Waals surface area contributed by atoms with Gasteiger partial charge in [-0.15, -0.1) is 24.9 Å². The number of thioether (sulfide) groups is 1. The highest BCUT2D eigenvalue weighted by Gasteiger charge is 2.31. The first kappa shape index (κ1) is 16.7. The largest absolute Gasteiger partial charge is 0.573 e. The van der Waals surface area contributed by atoms with Gasteiger partial charge in [-0.25, -0.2) is 0 Å². The fourth-order valence-electron chi connectivity index (χ4n) is 2.49. The third-order valence-corrected chi connectivity index (χ3v) is 4.67. The Morgan fingerprint density at radius 2 is 1.79 bits per heavy atom. The van der Waals surface area contributed by atoms with Crippen molar-refractivity contribution in [3.63, 3.8) is 0 Å². The van der Waals surface area contributed by atoms with E-state index in [9.17, 15) is 18.0 Å². The topological polar surface area (TPSA) is 29.5 Å². The first-order valence-electron chi connectivity index (χ1n) is 7.33. The van der Waals surface area contributed by atoms with Crippen LogP contribution in [0.15, 0.2) is 53.4 Å². The molecule has 1 aliphatic rings. The van der Waals surface area contributed by atoms with Gasteiger partial charge in [0.1, 0.15) is 5.75 Å². The summed E-state index contributed by atoms with van der Waals surface area (Å²) in [6.07, 6.45) is -3.90. The molecule has 1 heterocycles. The number of alkyl halides is 3. The highest BCUT2D eigenvalue weighted by molar-refractivity contribution is 7.99.